The van der Waals surface area contributed by atoms with E-state index in [0.717, 1.165) is 62.9 Å². The third kappa shape index (κ3) is 11.8. The molecule has 6 atom stereocenters. The summed E-state index contributed by atoms with van der Waals surface area (Å²) in [5.74, 6) is 1.22. The van der Waals surface area contributed by atoms with Crippen LogP contribution in [0.5, 0.6) is 5.75 Å². The van der Waals surface area contributed by atoms with Gasteiger partial charge in [0.2, 0.25) is 0 Å². The van der Waals surface area contributed by atoms with Crippen LogP contribution in [0.1, 0.15) is 76.8 Å². The standard InChI is InChI=1S/C36H54O7/c1-27(14-17-32-24-40-32)34(41-23-29-15-18-30(38-5)19-16-29)21-33(42-26-37-4)20-31-12-9-13-35(43-31)36(2,3)25-39-22-28-10-7-6-8-11-28/h6-8,10-11,15-16,18-19,27,31-35H,9,12-14,17,20-26H2,1-5H3/t27-,31-,32+,33-,34+,35+/m0/s1. The van der Waals surface area contributed by atoms with E-state index in [9.17, 15) is 0 Å². The molecule has 0 saturated carbocycles. The minimum Gasteiger partial charge on any atom is -0.497 e. The fraction of sp³-hybridized carbons (Fsp3) is 0.667. The SMILES string of the molecule is COCO[C@@H](C[C@@H]1CCC[C@H](C(C)(C)COCc2ccccc2)O1)C[C@@H](OCc1ccc(OC)cc1)[C@@H](C)CC[C@@H]1CO1. The highest BCUT2D eigenvalue weighted by atomic mass is 16.7. The Bertz CT molecular complexity index is 1020. The maximum Gasteiger partial charge on any atom is 0.146 e. The van der Waals surface area contributed by atoms with Gasteiger partial charge in [0.15, 0.2) is 0 Å². The van der Waals surface area contributed by atoms with Gasteiger partial charge in [-0.2, -0.15) is 0 Å². The molecule has 0 N–H and O–H groups in total. The van der Waals surface area contributed by atoms with E-state index in [-0.39, 0.29) is 36.6 Å². The molecule has 0 unspecified atom stereocenters. The molecule has 2 aromatic carbocycles. The van der Waals surface area contributed by atoms with Gasteiger partial charge < -0.3 is 33.2 Å². The van der Waals surface area contributed by atoms with E-state index >= 15 is 0 Å². The zero-order valence-electron chi connectivity index (χ0n) is 27.0. The Morgan fingerprint density at radius 2 is 1.65 bits per heavy atom. The number of benzene rings is 2. The zero-order valence-corrected chi connectivity index (χ0v) is 27.0. The lowest BCUT2D eigenvalue weighted by Gasteiger charge is -2.41. The topological polar surface area (TPSA) is 67.9 Å². The predicted octanol–water partition coefficient (Wildman–Crippen LogP) is 7.35. The van der Waals surface area contributed by atoms with Crippen molar-refractivity contribution in [2.75, 3.05) is 34.2 Å². The van der Waals surface area contributed by atoms with Crippen molar-refractivity contribution in [1.29, 1.82) is 0 Å². The lowest BCUT2D eigenvalue weighted by molar-refractivity contribution is -0.153. The van der Waals surface area contributed by atoms with Crippen LogP contribution < -0.4 is 4.74 Å². The summed E-state index contributed by atoms with van der Waals surface area (Å²) >= 11 is 0. The minimum absolute atomic E-state index is 0.0263. The van der Waals surface area contributed by atoms with Crippen LogP contribution in [0.4, 0.5) is 0 Å². The van der Waals surface area contributed by atoms with E-state index in [1.165, 1.54) is 5.56 Å². The molecule has 0 aliphatic carbocycles. The molecule has 2 heterocycles. The first-order chi connectivity index (χ1) is 20.9. The highest BCUT2D eigenvalue weighted by Crippen LogP contribution is 2.35. The van der Waals surface area contributed by atoms with Gasteiger partial charge in [0.05, 0.1) is 64.1 Å². The molecule has 2 fully saturated rings. The molecular weight excluding hydrogens is 544 g/mol. The zero-order chi connectivity index (χ0) is 30.5. The molecule has 4 rings (SSSR count). The first kappa shape index (κ1) is 33.9. The number of epoxide rings is 1. The molecule has 0 amide bonds. The fourth-order valence-corrected chi connectivity index (χ4v) is 5.95. The Kier molecular flexibility index (Phi) is 13.8. The second kappa shape index (κ2) is 17.5. The summed E-state index contributed by atoms with van der Waals surface area (Å²) in [5.41, 5.74) is 2.24. The lowest BCUT2D eigenvalue weighted by atomic mass is 9.82. The first-order valence-electron chi connectivity index (χ1n) is 16.1. The molecule has 2 aliphatic heterocycles. The molecule has 0 bridgehead atoms. The number of hydrogen-bond acceptors (Lipinski definition) is 7. The molecular formula is C36H54O7. The van der Waals surface area contributed by atoms with Crippen molar-refractivity contribution in [3.8, 4) is 5.75 Å². The Morgan fingerprint density at radius 3 is 2.35 bits per heavy atom. The number of rotatable bonds is 20. The average molecular weight is 599 g/mol. The summed E-state index contributed by atoms with van der Waals surface area (Å²) in [4.78, 5) is 0. The highest BCUT2D eigenvalue weighted by molar-refractivity contribution is 5.26. The van der Waals surface area contributed by atoms with E-state index in [0.29, 0.717) is 31.8 Å². The third-order valence-corrected chi connectivity index (χ3v) is 8.85. The molecule has 0 radical (unpaired) electrons. The largest absolute Gasteiger partial charge is 0.497 e. The van der Waals surface area contributed by atoms with Gasteiger partial charge in [-0.15, -0.1) is 0 Å². The maximum atomic E-state index is 6.77. The van der Waals surface area contributed by atoms with Crippen LogP contribution >= 0.6 is 0 Å². The summed E-state index contributed by atoms with van der Waals surface area (Å²) in [6.07, 6.45) is 7.69. The van der Waals surface area contributed by atoms with Crippen molar-refractivity contribution in [2.24, 2.45) is 11.3 Å². The third-order valence-electron chi connectivity index (χ3n) is 8.85. The average Bonchev–Trinajstić information content (AvgIpc) is 3.86. The maximum absolute atomic E-state index is 6.77. The second-order valence-corrected chi connectivity index (χ2v) is 13.0. The smallest absolute Gasteiger partial charge is 0.146 e. The fourth-order valence-electron chi connectivity index (χ4n) is 5.95. The number of methoxy groups -OCH3 is 2. The van der Waals surface area contributed by atoms with Crippen molar-refractivity contribution in [3.05, 3.63) is 65.7 Å². The van der Waals surface area contributed by atoms with Crippen LogP contribution in [-0.2, 0) is 41.6 Å². The molecule has 7 heteroatoms. The van der Waals surface area contributed by atoms with Crippen molar-refractivity contribution in [1.82, 2.24) is 0 Å². The monoisotopic (exact) mass is 598 g/mol. The lowest BCUT2D eigenvalue weighted by Crippen LogP contribution is -2.42. The van der Waals surface area contributed by atoms with Crippen molar-refractivity contribution in [3.63, 3.8) is 0 Å². The van der Waals surface area contributed by atoms with Crippen molar-refractivity contribution in [2.45, 2.75) is 109 Å². The Hall–Kier alpha value is -2.00. The van der Waals surface area contributed by atoms with Gasteiger partial charge in [-0.25, -0.2) is 0 Å². The number of ether oxygens (including phenoxy) is 7. The van der Waals surface area contributed by atoms with Crippen LogP contribution in [0, 0.1) is 11.3 Å². The molecule has 2 saturated heterocycles. The molecule has 240 valence electrons. The van der Waals surface area contributed by atoms with E-state index < -0.39 is 0 Å². The molecule has 2 aliphatic rings. The molecule has 2 aromatic rings. The van der Waals surface area contributed by atoms with Crippen LogP contribution in [0.25, 0.3) is 0 Å². The summed E-state index contributed by atoms with van der Waals surface area (Å²) in [6, 6.07) is 18.5. The van der Waals surface area contributed by atoms with Crippen LogP contribution in [0.2, 0.25) is 0 Å². The molecule has 0 aromatic heterocycles. The van der Waals surface area contributed by atoms with E-state index in [2.05, 4.69) is 57.2 Å². The van der Waals surface area contributed by atoms with Gasteiger partial charge in [0, 0.05) is 18.9 Å². The Balaban J connectivity index is 1.34. The van der Waals surface area contributed by atoms with Gasteiger partial charge in [-0.05, 0) is 67.7 Å². The highest BCUT2D eigenvalue weighted by Gasteiger charge is 2.37. The summed E-state index contributed by atoms with van der Waals surface area (Å²) in [7, 11) is 3.37. The quantitative estimate of drug-likeness (QED) is 0.117. The van der Waals surface area contributed by atoms with Crippen LogP contribution in [0.3, 0.4) is 0 Å². The number of hydrogen-bond donors (Lipinski definition) is 0. The van der Waals surface area contributed by atoms with Crippen molar-refractivity contribution < 1.29 is 33.2 Å². The summed E-state index contributed by atoms with van der Waals surface area (Å²) in [6.45, 7) is 9.79. The normalized spacial score (nSPS) is 22.6. The summed E-state index contributed by atoms with van der Waals surface area (Å²) < 4.78 is 42.0. The molecule has 0 spiro atoms. The molecule has 7 nitrogen and oxygen atoms in total. The van der Waals surface area contributed by atoms with Gasteiger partial charge >= 0.3 is 0 Å². The van der Waals surface area contributed by atoms with E-state index in [4.69, 9.17) is 33.2 Å². The van der Waals surface area contributed by atoms with Crippen molar-refractivity contribution >= 4 is 0 Å². The van der Waals surface area contributed by atoms with Crippen LogP contribution in [-0.4, -0.2) is 64.7 Å². The summed E-state index contributed by atoms with van der Waals surface area (Å²) in [5, 5.41) is 0. The van der Waals surface area contributed by atoms with Gasteiger partial charge in [0.25, 0.3) is 0 Å². The van der Waals surface area contributed by atoms with Gasteiger partial charge in [0.1, 0.15) is 12.5 Å². The van der Waals surface area contributed by atoms with Crippen LogP contribution in [0.15, 0.2) is 54.6 Å². The van der Waals surface area contributed by atoms with E-state index in [1.807, 2.05) is 18.2 Å². The van der Waals surface area contributed by atoms with E-state index in [1.54, 1.807) is 14.2 Å². The predicted molar refractivity (Wildman–Crippen MR) is 168 cm³/mol. The second-order valence-electron chi connectivity index (χ2n) is 13.0. The van der Waals surface area contributed by atoms with Gasteiger partial charge in [-0.1, -0.05) is 63.2 Å². The minimum atomic E-state index is -0.0836. The van der Waals surface area contributed by atoms with Gasteiger partial charge in [-0.3, -0.25) is 0 Å². The Morgan fingerprint density at radius 1 is 0.907 bits per heavy atom. The molecule has 43 heavy (non-hydrogen) atoms. The first-order valence-corrected chi connectivity index (χ1v) is 16.1. The Labute approximate surface area is 259 Å².